The molecule has 1 unspecified atom stereocenters. The van der Waals surface area contributed by atoms with E-state index in [9.17, 15) is 22.4 Å². The predicted molar refractivity (Wildman–Crippen MR) is 101 cm³/mol. The lowest BCUT2D eigenvalue weighted by Gasteiger charge is -2.31. The maximum absolute atomic E-state index is 13.1. The third kappa shape index (κ3) is 4.88. The summed E-state index contributed by atoms with van der Waals surface area (Å²) < 4.78 is 39.9. The van der Waals surface area contributed by atoms with Crippen molar-refractivity contribution >= 4 is 21.8 Å². The molecule has 28 heavy (non-hydrogen) atoms. The topological polar surface area (TPSA) is 86.8 Å². The molecule has 9 heteroatoms. The maximum Gasteiger partial charge on any atom is 0.243 e. The van der Waals surface area contributed by atoms with Gasteiger partial charge in [0.1, 0.15) is 5.82 Å². The second-order valence-electron chi connectivity index (χ2n) is 7.29. The highest BCUT2D eigenvalue weighted by molar-refractivity contribution is 7.89. The molecular formula is C19H26FN3O4S. The van der Waals surface area contributed by atoms with E-state index in [0.29, 0.717) is 45.3 Å². The van der Waals surface area contributed by atoms with E-state index in [1.165, 1.54) is 16.4 Å². The molecular weight excluding hydrogens is 385 g/mol. The van der Waals surface area contributed by atoms with Gasteiger partial charge in [0, 0.05) is 39.1 Å². The molecule has 2 fully saturated rings. The minimum absolute atomic E-state index is 0.0326. The van der Waals surface area contributed by atoms with Crippen LogP contribution in [0.5, 0.6) is 0 Å². The Morgan fingerprint density at radius 3 is 2.61 bits per heavy atom. The molecule has 0 bridgehead atoms. The van der Waals surface area contributed by atoms with E-state index in [1.807, 2.05) is 4.90 Å². The standard InChI is InChI=1S/C19H26FN3O4S/c20-16-6-8-17(9-7-16)28(26,27)23-13-1-4-15(14-23)19(25)21-10-3-12-22-11-2-5-18(22)24/h6-9,15H,1-5,10-14H2,(H,21,25). The number of hydrogen-bond donors (Lipinski definition) is 1. The van der Waals surface area contributed by atoms with Gasteiger partial charge in [0.25, 0.3) is 0 Å². The molecule has 154 valence electrons. The molecule has 2 heterocycles. The van der Waals surface area contributed by atoms with Crippen LogP contribution in [0.4, 0.5) is 4.39 Å². The molecule has 1 aromatic carbocycles. The minimum atomic E-state index is -3.75. The average molecular weight is 411 g/mol. The number of halogens is 1. The van der Waals surface area contributed by atoms with Crippen LogP contribution in [0.2, 0.25) is 0 Å². The van der Waals surface area contributed by atoms with Crippen molar-refractivity contribution in [2.45, 2.75) is 37.0 Å². The van der Waals surface area contributed by atoms with Crippen molar-refractivity contribution in [1.29, 1.82) is 0 Å². The van der Waals surface area contributed by atoms with Gasteiger partial charge in [-0.3, -0.25) is 9.59 Å². The summed E-state index contributed by atoms with van der Waals surface area (Å²) in [5, 5.41) is 2.86. The molecule has 0 saturated carbocycles. The van der Waals surface area contributed by atoms with Gasteiger partial charge in [-0.05, 0) is 49.9 Å². The molecule has 1 atom stereocenters. The van der Waals surface area contributed by atoms with Crippen molar-refractivity contribution in [2.24, 2.45) is 5.92 Å². The quantitative estimate of drug-likeness (QED) is 0.687. The molecule has 2 saturated heterocycles. The third-order valence-electron chi connectivity index (χ3n) is 5.28. The first-order valence-electron chi connectivity index (χ1n) is 9.69. The van der Waals surface area contributed by atoms with Gasteiger partial charge in [0.2, 0.25) is 21.8 Å². The van der Waals surface area contributed by atoms with E-state index >= 15 is 0 Å². The summed E-state index contributed by atoms with van der Waals surface area (Å²) >= 11 is 0. The Labute approximate surface area is 164 Å². The lowest BCUT2D eigenvalue weighted by molar-refractivity contribution is -0.127. The SMILES string of the molecule is O=C(NCCCN1CCCC1=O)C1CCCN(S(=O)(=O)c2ccc(F)cc2)C1. The van der Waals surface area contributed by atoms with Crippen molar-refractivity contribution < 1.29 is 22.4 Å². The van der Waals surface area contributed by atoms with Crippen LogP contribution >= 0.6 is 0 Å². The second-order valence-corrected chi connectivity index (χ2v) is 9.22. The first-order valence-corrected chi connectivity index (χ1v) is 11.1. The Bertz CT molecular complexity index is 813. The first-order chi connectivity index (χ1) is 13.4. The van der Waals surface area contributed by atoms with Crippen molar-refractivity contribution in [3.05, 3.63) is 30.1 Å². The fourth-order valence-electron chi connectivity index (χ4n) is 3.70. The number of hydrogen-bond acceptors (Lipinski definition) is 4. The Balaban J connectivity index is 1.50. The fourth-order valence-corrected chi connectivity index (χ4v) is 5.22. The average Bonchev–Trinajstić information content (AvgIpc) is 3.10. The monoisotopic (exact) mass is 411 g/mol. The van der Waals surface area contributed by atoms with Gasteiger partial charge < -0.3 is 10.2 Å². The number of rotatable bonds is 7. The van der Waals surface area contributed by atoms with Gasteiger partial charge in [-0.1, -0.05) is 0 Å². The van der Waals surface area contributed by atoms with E-state index in [2.05, 4.69) is 5.32 Å². The smallest absolute Gasteiger partial charge is 0.243 e. The molecule has 2 aliphatic rings. The van der Waals surface area contributed by atoms with E-state index < -0.39 is 21.8 Å². The zero-order valence-corrected chi connectivity index (χ0v) is 16.6. The van der Waals surface area contributed by atoms with Gasteiger partial charge in [0.05, 0.1) is 10.8 Å². The number of carbonyl (C=O) groups excluding carboxylic acids is 2. The van der Waals surface area contributed by atoms with E-state index in [4.69, 9.17) is 0 Å². The normalized spacial score (nSPS) is 21.1. The van der Waals surface area contributed by atoms with Crippen LogP contribution in [-0.2, 0) is 19.6 Å². The summed E-state index contributed by atoms with van der Waals surface area (Å²) in [6.45, 7) is 2.35. The molecule has 7 nitrogen and oxygen atoms in total. The molecule has 2 amide bonds. The van der Waals surface area contributed by atoms with Gasteiger partial charge in [0.15, 0.2) is 0 Å². The molecule has 2 aliphatic heterocycles. The van der Waals surface area contributed by atoms with Crippen LogP contribution in [0.25, 0.3) is 0 Å². The van der Waals surface area contributed by atoms with E-state index in [1.54, 1.807) is 0 Å². The van der Waals surface area contributed by atoms with Crippen LogP contribution < -0.4 is 5.32 Å². The number of piperidine rings is 1. The Kier molecular flexibility index (Phi) is 6.66. The number of nitrogens with one attached hydrogen (secondary N) is 1. The number of benzene rings is 1. The fraction of sp³-hybridized carbons (Fsp3) is 0.579. The Morgan fingerprint density at radius 1 is 1.18 bits per heavy atom. The van der Waals surface area contributed by atoms with Crippen LogP contribution in [0, 0.1) is 11.7 Å². The van der Waals surface area contributed by atoms with Gasteiger partial charge in [-0.2, -0.15) is 4.31 Å². The summed E-state index contributed by atoms with van der Waals surface area (Å²) in [4.78, 5) is 25.9. The summed E-state index contributed by atoms with van der Waals surface area (Å²) in [6.07, 6.45) is 3.41. The van der Waals surface area contributed by atoms with Crippen molar-refractivity contribution in [3.8, 4) is 0 Å². The molecule has 3 rings (SSSR count). The predicted octanol–water partition coefficient (Wildman–Crippen LogP) is 1.36. The van der Waals surface area contributed by atoms with Gasteiger partial charge in [-0.25, -0.2) is 12.8 Å². The van der Waals surface area contributed by atoms with Crippen LogP contribution in [-0.4, -0.2) is 62.2 Å². The van der Waals surface area contributed by atoms with E-state index in [0.717, 1.165) is 25.1 Å². The highest BCUT2D eigenvalue weighted by Crippen LogP contribution is 2.24. The van der Waals surface area contributed by atoms with Crippen molar-refractivity contribution in [1.82, 2.24) is 14.5 Å². The lowest BCUT2D eigenvalue weighted by atomic mass is 9.99. The Hall–Kier alpha value is -2.00. The lowest BCUT2D eigenvalue weighted by Crippen LogP contribution is -2.45. The summed E-state index contributed by atoms with van der Waals surface area (Å²) in [6, 6.07) is 4.72. The van der Waals surface area contributed by atoms with Crippen LogP contribution in [0.3, 0.4) is 0 Å². The number of sulfonamides is 1. The second kappa shape index (κ2) is 9.00. The zero-order valence-electron chi connectivity index (χ0n) is 15.8. The maximum atomic E-state index is 13.1. The first kappa shape index (κ1) is 20.7. The number of likely N-dealkylation sites (tertiary alicyclic amines) is 1. The molecule has 0 aliphatic carbocycles. The molecule has 0 spiro atoms. The Morgan fingerprint density at radius 2 is 1.93 bits per heavy atom. The van der Waals surface area contributed by atoms with Crippen LogP contribution in [0.15, 0.2) is 29.2 Å². The summed E-state index contributed by atoms with van der Waals surface area (Å²) in [5.41, 5.74) is 0. The summed E-state index contributed by atoms with van der Waals surface area (Å²) in [7, 11) is -3.75. The highest BCUT2D eigenvalue weighted by Gasteiger charge is 2.33. The van der Waals surface area contributed by atoms with E-state index in [-0.39, 0.29) is 23.3 Å². The number of carbonyl (C=O) groups is 2. The minimum Gasteiger partial charge on any atom is -0.356 e. The van der Waals surface area contributed by atoms with Gasteiger partial charge in [-0.15, -0.1) is 0 Å². The highest BCUT2D eigenvalue weighted by atomic mass is 32.2. The number of amides is 2. The van der Waals surface area contributed by atoms with Crippen molar-refractivity contribution in [3.63, 3.8) is 0 Å². The number of nitrogens with zero attached hydrogens (tertiary/aromatic N) is 2. The summed E-state index contributed by atoms with van der Waals surface area (Å²) in [5.74, 6) is -0.894. The molecule has 0 aromatic heterocycles. The van der Waals surface area contributed by atoms with Gasteiger partial charge >= 0.3 is 0 Å². The zero-order chi connectivity index (χ0) is 20.1. The molecule has 1 aromatic rings. The molecule has 0 radical (unpaired) electrons. The third-order valence-corrected chi connectivity index (χ3v) is 7.16. The molecule has 1 N–H and O–H groups in total. The largest absolute Gasteiger partial charge is 0.356 e. The van der Waals surface area contributed by atoms with Crippen molar-refractivity contribution in [2.75, 3.05) is 32.7 Å². The van der Waals surface area contributed by atoms with Crippen LogP contribution in [0.1, 0.15) is 32.1 Å².